The summed E-state index contributed by atoms with van der Waals surface area (Å²) in [5.74, 6) is 1.65. The van der Waals surface area contributed by atoms with Crippen molar-refractivity contribution in [2.24, 2.45) is 0 Å². The normalized spacial score (nSPS) is 16.7. The van der Waals surface area contributed by atoms with Crippen molar-refractivity contribution in [1.29, 1.82) is 0 Å². The van der Waals surface area contributed by atoms with Gasteiger partial charge in [-0.1, -0.05) is 0 Å². The zero-order valence-corrected chi connectivity index (χ0v) is 14.7. The van der Waals surface area contributed by atoms with E-state index in [1.807, 2.05) is 48.8 Å². The van der Waals surface area contributed by atoms with Gasteiger partial charge in [0.15, 0.2) is 0 Å². The number of rotatable bonds is 4. The van der Waals surface area contributed by atoms with E-state index in [0.717, 1.165) is 53.6 Å². The Morgan fingerprint density at radius 1 is 1.00 bits per heavy atom. The highest BCUT2D eigenvalue weighted by Crippen LogP contribution is 2.24. The number of fused-ring (bicyclic) bond motifs is 1. The molecule has 134 valence electrons. The second-order valence-electron chi connectivity index (χ2n) is 6.63. The fraction of sp³-hybridized carbons (Fsp3) is 0.200. The zero-order chi connectivity index (χ0) is 18.1. The number of H-pyrrole nitrogens is 1. The third-order valence-corrected chi connectivity index (χ3v) is 4.86. The molecule has 0 aliphatic carbocycles. The van der Waals surface area contributed by atoms with E-state index in [9.17, 15) is 0 Å². The van der Waals surface area contributed by atoms with Gasteiger partial charge in [0.2, 0.25) is 5.95 Å². The van der Waals surface area contributed by atoms with E-state index in [-0.39, 0.29) is 0 Å². The Morgan fingerprint density at radius 2 is 1.96 bits per heavy atom. The molecule has 0 spiro atoms. The Kier molecular flexibility index (Phi) is 3.90. The molecule has 1 aliphatic heterocycles. The van der Waals surface area contributed by atoms with Crippen LogP contribution in [0.2, 0.25) is 0 Å². The third kappa shape index (κ3) is 3.08. The van der Waals surface area contributed by atoms with Gasteiger partial charge in [0.25, 0.3) is 0 Å². The molecule has 0 amide bonds. The molecule has 1 atom stereocenters. The van der Waals surface area contributed by atoms with Gasteiger partial charge in [-0.3, -0.25) is 4.98 Å². The van der Waals surface area contributed by atoms with Crippen LogP contribution in [0.1, 0.15) is 6.42 Å². The quantitative estimate of drug-likeness (QED) is 0.584. The minimum absolute atomic E-state index is 0.293. The minimum atomic E-state index is 0.293. The van der Waals surface area contributed by atoms with Crippen LogP contribution in [0.4, 0.5) is 11.8 Å². The first-order valence-electron chi connectivity index (χ1n) is 9.05. The molecule has 2 N–H and O–H groups in total. The highest BCUT2D eigenvalue weighted by molar-refractivity contribution is 5.88. The van der Waals surface area contributed by atoms with Gasteiger partial charge < -0.3 is 15.2 Å². The van der Waals surface area contributed by atoms with Crippen LogP contribution in [0.25, 0.3) is 22.3 Å². The molecular weight excluding hydrogens is 338 g/mol. The largest absolute Gasteiger partial charge is 0.365 e. The Morgan fingerprint density at radius 3 is 2.89 bits per heavy atom. The summed E-state index contributed by atoms with van der Waals surface area (Å²) >= 11 is 0. The van der Waals surface area contributed by atoms with Gasteiger partial charge in [-0.2, -0.15) is 0 Å². The summed E-state index contributed by atoms with van der Waals surface area (Å²) in [7, 11) is 0. The first-order valence-corrected chi connectivity index (χ1v) is 9.05. The molecule has 0 saturated carbocycles. The standard InChI is InChI=1S/C20H19N7/c1-3-15-16(21-8-1)5-10-23-19(15)25-14-7-12-27(13-14)20-24-11-6-18(26-20)17-4-2-9-22-17/h1-6,8-11,14,22H,7,12-13H2,(H,23,25). The Hall–Kier alpha value is -3.48. The van der Waals surface area contributed by atoms with Gasteiger partial charge >= 0.3 is 0 Å². The van der Waals surface area contributed by atoms with Crippen molar-refractivity contribution in [3.8, 4) is 11.4 Å². The van der Waals surface area contributed by atoms with Gasteiger partial charge in [-0.25, -0.2) is 15.0 Å². The predicted octanol–water partition coefficient (Wildman–Crippen LogP) is 3.11. The lowest BCUT2D eigenvalue weighted by Crippen LogP contribution is -2.27. The van der Waals surface area contributed by atoms with Crippen LogP contribution in [0.3, 0.4) is 0 Å². The maximum absolute atomic E-state index is 4.72. The van der Waals surface area contributed by atoms with Crippen LogP contribution in [-0.2, 0) is 0 Å². The van der Waals surface area contributed by atoms with Crippen LogP contribution in [-0.4, -0.2) is 44.1 Å². The molecule has 0 radical (unpaired) electrons. The number of hydrogen-bond acceptors (Lipinski definition) is 6. The molecular formula is C20H19N7. The number of anilines is 2. The maximum atomic E-state index is 4.72. The number of nitrogens with zero attached hydrogens (tertiary/aromatic N) is 5. The fourth-order valence-corrected chi connectivity index (χ4v) is 3.51. The zero-order valence-electron chi connectivity index (χ0n) is 14.7. The lowest BCUT2D eigenvalue weighted by atomic mass is 10.2. The average molecular weight is 357 g/mol. The first-order chi connectivity index (χ1) is 13.4. The van der Waals surface area contributed by atoms with Gasteiger partial charge in [0, 0.05) is 49.3 Å². The molecule has 0 bridgehead atoms. The molecule has 5 rings (SSSR count). The second kappa shape index (κ2) is 6.68. The SMILES string of the molecule is c1c[nH]c(-c2ccnc(N3CCC(Nc4nccc5ncccc45)C3)n2)c1. The summed E-state index contributed by atoms with van der Waals surface area (Å²) in [6, 6.07) is 12.1. The molecule has 5 heterocycles. The molecule has 1 unspecified atom stereocenters. The topological polar surface area (TPSA) is 82.6 Å². The van der Waals surface area contributed by atoms with Crippen LogP contribution in [0.5, 0.6) is 0 Å². The lowest BCUT2D eigenvalue weighted by Gasteiger charge is -2.18. The van der Waals surface area contributed by atoms with Gasteiger partial charge in [-0.15, -0.1) is 0 Å². The van der Waals surface area contributed by atoms with E-state index < -0.39 is 0 Å². The molecule has 7 nitrogen and oxygen atoms in total. The van der Waals surface area contributed by atoms with Crippen molar-refractivity contribution in [3.63, 3.8) is 0 Å². The predicted molar refractivity (Wildman–Crippen MR) is 106 cm³/mol. The summed E-state index contributed by atoms with van der Waals surface area (Å²) in [4.78, 5) is 23.5. The summed E-state index contributed by atoms with van der Waals surface area (Å²) in [5, 5.41) is 4.62. The minimum Gasteiger partial charge on any atom is -0.365 e. The van der Waals surface area contributed by atoms with Crippen LogP contribution in [0.15, 0.2) is 61.2 Å². The van der Waals surface area contributed by atoms with Crippen molar-refractivity contribution in [3.05, 3.63) is 61.2 Å². The second-order valence-corrected chi connectivity index (χ2v) is 6.63. The van der Waals surface area contributed by atoms with E-state index in [4.69, 9.17) is 4.98 Å². The highest BCUT2D eigenvalue weighted by Gasteiger charge is 2.25. The van der Waals surface area contributed by atoms with Gasteiger partial charge in [0.05, 0.1) is 16.9 Å². The van der Waals surface area contributed by atoms with Crippen LogP contribution < -0.4 is 10.2 Å². The van der Waals surface area contributed by atoms with Crippen LogP contribution >= 0.6 is 0 Å². The van der Waals surface area contributed by atoms with Crippen molar-refractivity contribution < 1.29 is 0 Å². The summed E-state index contributed by atoms with van der Waals surface area (Å²) < 4.78 is 0. The maximum Gasteiger partial charge on any atom is 0.225 e. The van der Waals surface area contributed by atoms with Gasteiger partial charge in [0.1, 0.15) is 5.82 Å². The number of hydrogen-bond donors (Lipinski definition) is 2. The number of nitrogens with one attached hydrogen (secondary N) is 2. The van der Waals surface area contributed by atoms with E-state index in [1.165, 1.54) is 0 Å². The fourth-order valence-electron chi connectivity index (χ4n) is 3.51. The lowest BCUT2D eigenvalue weighted by molar-refractivity contribution is 0.800. The van der Waals surface area contributed by atoms with Crippen molar-refractivity contribution >= 4 is 22.7 Å². The number of pyridine rings is 2. The highest BCUT2D eigenvalue weighted by atomic mass is 15.3. The monoisotopic (exact) mass is 357 g/mol. The summed E-state index contributed by atoms with van der Waals surface area (Å²) in [6.07, 6.45) is 8.33. The molecule has 7 heteroatoms. The van der Waals surface area contributed by atoms with Crippen molar-refractivity contribution in [1.82, 2.24) is 24.9 Å². The Balaban J connectivity index is 1.34. The molecule has 4 aromatic rings. The Labute approximate surface area is 156 Å². The number of aromatic nitrogens is 5. The van der Waals surface area contributed by atoms with Crippen LogP contribution in [0, 0.1) is 0 Å². The third-order valence-electron chi connectivity index (χ3n) is 4.86. The molecule has 0 aromatic carbocycles. The smallest absolute Gasteiger partial charge is 0.225 e. The van der Waals surface area contributed by atoms with E-state index in [0.29, 0.717) is 6.04 Å². The van der Waals surface area contributed by atoms with Crippen molar-refractivity contribution in [2.45, 2.75) is 12.5 Å². The van der Waals surface area contributed by atoms with E-state index >= 15 is 0 Å². The molecule has 1 aliphatic rings. The first kappa shape index (κ1) is 15.7. The van der Waals surface area contributed by atoms with E-state index in [1.54, 1.807) is 12.4 Å². The summed E-state index contributed by atoms with van der Waals surface area (Å²) in [6.45, 7) is 1.75. The van der Waals surface area contributed by atoms with Crippen molar-refractivity contribution in [2.75, 3.05) is 23.3 Å². The molecule has 4 aromatic heterocycles. The summed E-state index contributed by atoms with van der Waals surface area (Å²) in [5.41, 5.74) is 2.86. The van der Waals surface area contributed by atoms with E-state index in [2.05, 4.69) is 30.2 Å². The Bertz CT molecular complexity index is 1060. The molecule has 1 fully saturated rings. The van der Waals surface area contributed by atoms with Gasteiger partial charge in [-0.05, 0) is 42.8 Å². The number of aromatic amines is 1. The average Bonchev–Trinajstić information content (AvgIpc) is 3.41. The molecule has 1 saturated heterocycles. The molecule has 27 heavy (non-hydrogen) atoms.